The summed E-state index contributed by atoms with van der Waals surface area (Å²) < 4.78 is 6.43. The number of ether oxygens (including phenoxy) is 1. The van der Waals surface area contributed by atoms with E-state index >= 15 is 0 Å². The van der Waals surface area contributed by atoms with Crippen LogP contribution >= 0.6 is 34.5 Å². The third-order valence-electron chi connectivity index (χ3n) is 1.91. The minimum atomic E-state index is 0.210. The second kappa shape index (κ2) is 5.93. The fourth-order valence-electron chi connectivity index (χ4n) is 1.14. The monoisotopic (exact) mass is 253 g/mol. The molecule has 1 heterocycles. The van der Waals surface area contributed by atoms with Gasteiger partial charge in [-0.2, -0.15) is 0 Å². The smallest absolute Gasteiger partial charge is 0.0991 e. The quantitative estimate of drug-likeness (QED) is 0.813. The molecule has 0 fully saturated rings. The molecule has 1 rings (SSSR count). The minimum Gasteiger partial charge on any atom is -0.383 e. The molecule has 1 aromatic heterocycles. The summed E-state index contributed by atoms with van der Waals surface area (Å²) in [5.74, 6) is 0. The van der Waals surface area contributed by atoms with Crippen molar-refractivity contribution in [1.29, 1.82) is 0 Å². The molecule has 0 amide bonds. The SMILES string of the molecule is COCCNC(C)c1cc(Cl)sc1Cl. The Kier molecular flexibility index (Phi) is 5.20. The van der Waals surface area contributed by atoms with Gasteiger partial charge in [0.15, 0.2) is 0 Å². The van der Waals surface area contributed by atoms with Crippen molar-refractivity contribution < 1.29 is 4.74 Å². The van der Waals surface area contributed by atoms with Gasteiger partial charge in [0, 0.05) is 19.7 Å². The first-order chi connectivity index (χ1) is 6.65. The van der Waals surface area contributed by atoms with Crippen molar-refractivity contribution >= 4 is 34.5 Å². The largest absolute Gasteiger partial charge is 0.383 e. The summed E-state index contributed by atoms with van der Waals surface area (Å²) >= 11 is 13.3. The van der Waals surface area contributed by atoms with Gasteiger partial charge >= 0.3 is 0 Å². The van der Waals surface area contributed by atoms with Crippen molar-refractivity contribution in [3.05, 3.63) is 20.3 Å². The highest BCUT2D eigenvalue weighted by Gasteiger charge is 2.12. The van der Waals surface area contributed by atoms with Crippen LogP contribution in [0.2, 0.25) is 8.67 Å². The lowest BCUT2D eigenvalue weighted by Crippen LogP contribution is -2.22. The van der Waals surface area contributed by atoms with Crippen LogP contribution in [-0.4, -0.2) is 20.3 Å². The van der Waals surface area contributed by atoms with E-state index in [2.05, 4.69) is 12.2 Å². The second-order valence-electron chi connectivity index (χ2n) is 2.95. The van der Waals surface area contributed by atoms with E-state index in [1.807, 2.05) is 6.07 Å². The normalized spacial score (nSPS) is 13.1. The summed E-state index contributed by atoms with van der Waals surface area (Å²) in [6.45, 7) is 3.56. The van der Waals surface area contributed by atoms with Gasteiger partial charge in [-0.15, -0.1) is 11.3 Å². The van der Waals surface area contributed by atoms with Gasteiger partial charge in [0.25, 0.3) is 0 Å². The van der Waals surface area contributed by atoms with Gasteiger partial charge in [0.05, 0.1) is 15.3 Å². The van der Waals surface area contributed by atoms with E-state index in [0.717, 1.165) is 20.8 Å². The Morgan fingerprint density at radius 2 is 2.29 bits per heavy atom. The first-order valence-corrected chi connectivity index (χ1v) is 5.89. The van der Waals surface area contributed by atoms with E-state index in [1.54, 1.807) is 7.11 Å². The van der Waals surface area contributed by atoms with E-state index < -0.39 is 0 Å². The fraction of sp³-hybridized carbons (Fsp3) is 0.556. The molecule has 0 bridgehead atoms. The Morgan fingerprint density at radius 3 is 2.79 bits per heavy atom. The van der Waals surface area contributed by atoms with E-state index in [9.17, 15) is 0 Å². The molecule has 2 nitrogen and oxygen atoms in total. The van der Waals surface area contributed by atoms with Gasteiger partial charge in [-0.1, -0.05) is 23.2 Å². The minimum absolute atomic E-state index is 0.210. The zero-order chi connectivity index (χ0) is 10.6. The first kappa shape index (κ1) is 12.3. The topological polar surface area (TPSA) is 21.3 Å². The van der Waals surface area contributed by atoms with Gasteiger partial charge in [-0.25, -0.2) is 0 Å². The molecule has 1 unspecified atom stereocenters. The Bertz CT molecular complexity index is 290. The number of hydrogen-bond acceptors (Lipinski definition) is 3. The summed E-state index contributed by atoms with van der Waals surface area (Å²) in [4.78, 5) is 0. The number of rotatable bonds is 5. The molecule has 1 aromatic rings. The van der Waals surface area contributed by atoms with Crippen LogP contribution in [0.15, 0.2) is 6.07 Å². The predicted octanol–water partition coefficient (Wildman–Crippen LogP) is 3.35. The summed E-state index contributed by atoms with van der Waals surface area (Å²) in [5, 5.41) is 3.29. The molecule has 0 aliphatic rings. The number of hydrogen-bond donors (Lipinski definition) is 1. The Morgan fingerprint density at radius 1 is 1.57 bits per heavy atom. The number of methoxy groups -OCH3 is 1. The molecule has 0 radical (unpaired) electrons. The molecule has 1 N–H and O–H groups in total. The second-order valence-corrected chi connectivity index (χ2v) is 5.23. The highest BCUT2D eigenvalue weighted by molar-refractivity contribution is 7.20. The van der Waals surface area contributed by atoms with E-state index in [1.165, 1.54) is 11.3 Å². The fourth-order valence-corrected chi connectivity index (χ4v) is 2.78. The number of thiophene rings is 1. The maximum Gasteiger partial charge on any atom is 0.0991 e. The van der Waals surface area contributed by atoms with Gasteiger partial charge in [-0.05, 0) is 18.6 Å². The van der Waals surface area contributed by atoms with Crippen LogP contribution in [-0.2, 0) is 4.74 Å². The van der Waals surface area contributed by atoms with Crippen molar-refractivity contribution in [3.8, 4) is 0 Å². The van der Waals surface area contributed by atoms with Crippen LogP contribution < -0.4 is 5.32 Å². The summed E-state index contributed by atoms with van der Waals surface area (Å²) in [6.07, 6.45) is 0. The number of nitrogens with one attached hydrogen (secondary N) is 1. The maximum atomic E-state index is 6.02. The van der Waals surface area contributed by atoms with Crippen LogP contribution in [0.25, 0.3) is 0 Å². The van der Waals surface area contributed by atoms with Crippen LogP contribution in [0, 0.1) is 0 Å². The van der Waals surface area contributed by atoms with Crippen molar-refractivity contribution in [3.63, 3.8) is 0 Å². The van der Waals surface area contributed by atoms with Crippen LogP contribution in [0.3, 0.4) is 0 Å². The van der Waals surface area contributed by atoms with Crippen molar-refractivity contribution in [2.24, 2.45) is 0 Å². The summed E-state index contributed by atoms with van der Waals surface area (Å²) in [5.41, 5.74) is 1.05. The molecular weight excluding hydrogens is 241 g/mol. The van der Waals surface area contributed by atoms with E-state index in [4.69, 9.17) is 27.9 Å². The predicted molar refractivity (Wildman–Crippen MR) is 62.6 cm³/mol. The Balaban J connectivity index is 2.51. The molecule has 0 saturated carbocycles. The van der Waals surface area contributed by atoms with Crippen LogP contribution in [0.1, 0.15) is 18.5 Å². The lowest BCUT2D eigenvalue weighted by molar-refractivity contribution is 0.196. The first-order valence-electron chi connectivity index (χ1n) is 4.32. The lowest BCUT2D eigenvalue weighted by atomic mass is 10.2. The van der Waals surface area contributed by atoms with Crippen LogP contribution in [0.5, 0.6) is 0 Å². The van der Waals surface area contributed by atoms with Crippen molar-refractivity contribution in [2.45, 2.75) is 13.0 Å². The van der Waals surface area contributed by atoms with Gasteiger partial charge in [0.2, 0.25) is 0 Å². The summed E-state index contributed by atoms with van der Waals surface area (Å²) in [7, 11) is 1.68. The average Bonchev–Trinajstić information content (AvgIpc) is 2.45. The standard InChI is InChI=1S/C9H13Cl2NOS/c1-6(12-3-4-13-2)7-5-8(10)14-9(7)11/h5-6,12H,3-4H2,1-2H3. The van der Waals surface area contributed by atoms with E-state index in [-0.39, 0.29) is 6.04 Å². The number of halogens is 2. The molecule has 0 aromatic carbocycles. The lowest BCUT2D eigenvalue weighted by Gasteiger charge is -2.12. The third-order valence-corrected chi connectivity index (χ3v) is 3.42. The van der Waals surface area contributed by atoms with Crippen LogP contribution in [0.4, 0.5) is 0 Å². The zero-order valence-corrected chi connectivity index (χ0v) is 10.5. The summed E-state index contributed by atoms with van der Waals surface area (Å²) in [6, 6.07) is 2.11. The Hall–Kier alpha value is 0.200. The third kappa shape index (κ3) is 3.41. The molecule has 5 heteroatoms. The van der Waals surface area contributed by atoms with Gasteiger partial charge in [-0.3, -0.25) is 0 Å². The molecule has 0 spiro atoms. The molecule has 80 valence electrons. The molecule has 0 saturated heterocycles. The highest BCUT2D eigenvalue weighted by atomic mass is 35.5. The van der Waals surface area contributed by atoms with Crippen molar-refractivity contribution in [2.75, 3.05) is 20.3 Å². The molecule has 14 heavy (non-hydrogen) atoms. The van der Waals surface area contributed by atoms with E-state index in [0.29, 0.717) is 6.61 Å². The Labute approximate surface area is 98.2 Å². The van der Waals surface area contributed by atoms with Gasteiger partial charge < -0.3 is 10.1 Å². The highest BCUT2D eigenvalue weighted by Crippen LogP contribution is 2.34. The molecule has 0 aliphatic heterocycles. The average molecular weight is 254 g/mol. The van der Waals surface area contributed by atoms with Gasteiger partial charge in [0.1, 0.15) is 0 Å². The molecular formula is C9H13Cl2NOS. The zero-order valence-electron chi connectivity index (χ0n) is 8.14. The maximum absolute atomic E-state index is 6.02. The van der Waals surface area contributed by atoms with Crippen molar-refractivity contribution in [1.82, 2.24) is 5.32 Å². The molecule has 0 aliphatic carbocycles. The molecule has 1 atom stereocenters.